The number of ketones is 1. The van der Waals surface area contributed by atoms with Gasteiger partial charge in [-0.1, -0.05) is 0 Å². The quantitative estimate of drug-likeness (QED) is 0.747. The maximum absolute atomic E-state index is 11.4. The van der Waals surface area contributed by atoms with Crippen LogP contribution in [0, 0.1) is 0 Å². The zero-order valence-corrected chi connectivity index (χ0v) is 7.54. The molecule has 2 aromatic rings. The molecule has 0 saturated carbocycles. The van der Waals surface area contributed by atoms with Crippen LogP contribution in [0.25, 0.3) is 0 Å². The fourth-order valence-electron chi connectivity index (χ4n) is 0.979. The highest BCUT2D eigenvalue weighted by molar-refractivity contribution is 7.09. The highest BCUT2D eigenvalue weighted by atomic mass is 32.1. The summed E-state index contributed by atoms with van der Waals surface area (Å²) in [6.45, 7) is 0. The number of Topliss-reactive ketones (excluding diaryl/α,β-unsaturated/α-hetero) is 1. The number of hydrogen-bond donors (Lipinski definition) is 1. The van der Waals surface area contributed by atoms with Crippen molar-refractivity contribution in [2.75, 3.05) is 0 Å². The third kappa shape index (κ3) is 1.81. The van der Waals surface area contributed by atoms with Crippen LogP contribution in [-0.4, -0.2) is 20.7 Å². The van der Waals surface area contributed by atoms with E-state index >= 15 is 0 Å². The molecule has 1 N–H and O–H groups in total. The largest absolute Gasteiger partial charge is 0.342 e. The van der Waals surface area contributed by atoms with Crippen LogP contribution < -0.4 is 0 Å². The molecule has 5 heteroatoms. The SMILES string of the molecule is O=C(Cc1nccs1)c1ncc[nH]1. The number of H-pyrrole nitrogens is 1. The van der Waals surface area contributed by atoms with Crippen LogP contribution in [0.2, 0.25) is 0 Å². The highest BCUT2D eigenvalue weighted by Crippen LogP contribution is 2.07. The highest BCUT2D eigenvalue weighted by Gasteiger charge is 2.09. The summed E-state index contributed by atoms with van der Waals surface area (Å²) < 4.78 is 0. The van der Waals surface area contributed by atoms with Gasteiger partial charge in [-0.2, -0.15) is 0 Å². The number of carbonyl (C=O) groups excluding carboxylic acids is 1. The first-order valence-electron chi connectivity index (χ1n) is 3.77. The molecule has 0 aliphatic heterocycles. The molecule has 2 heterocycles. The molecule has 0 aliphatic rings. The van der Waals surface area contributed by atoms with E-state index < -0.39 is 0 Å². The van der Waals surface area contributed by atoms with E-state index in [0.717, 1.165) is 5.01 Å². The summed E-state index contributed by atoms with van der Waals surface area (Å²) >= 11 is 1.47. The standard InChI is InChI=1S/C8H7N3OS/c12-6(8-10-1-2-11-8)5-7-9-3-4-13-7/h1-4H,5H2,(H,10,11). The number of carbonyl (C=O) groups is 1. The molecule has 0 aromatic carbocycles. The number of nitrogens with zero attached hydrogens (tertiary/aromatic N) is 2. The molecular weight excluding hydrogens is 186 g/mol. The van der Waals surface area contributed by atoms with Crippen molar-refractivity contribution in [1.29, 1.82) is 0 Å². The van der Waals surface area contributed by atoms with Gasteiger partial charge in [-0.15, -0.1) is 11.3 Å². The van der Waals surface area contributed by atoms with E-state index in [4.69, 9.17) is 0 Å². The Kier molecular flexibility index (Phi) is 2.18. The summed E-state index contributed by atoms with van der Waals surface area (Å²) in [5.41, 5.74) is 0. The zero-order chi connectivity index (χ0) is 9.10. The van der Waals surface area contributed by atoms with Crippen LogP contribution in [0.15, 0.2) is 24.0 Å². The van der Waals surface area contributed by atoms with Crippen molar-refractivity contribution in [3.63, 3.8) is 0 Å². The van der Waals surface area contributed by atoms with Crippen LogP contribution in [0.5, 0.6) is 0 Å². The number of aromatic amines is 1. The zero-order valence-electron chi connectivity index (χ0n) is 6.73. The van der Waals surface area contributed by atoms with Gasteiger partial charge in [0.25, 0.3) is 0 Å². The summed E-state index contributed by atoms with van der Waals surface area (Å²) in [6, 6.07) is 0. The van der Waals surface area contributed by atoms with Crippen LogP contribution >= 0.6 is 11.3 Å². The number of aromatic nitrogens is 3. The van der Waals surface area contributed by atoms with Crippen molar-refractivity contribution in [3.05, 3.63) is 34.8 Å². The van der Waals surface area contributed by atoms with E-state index in [0.29, 0.717) is 12.2 Å². The lowest BCUT2D eigenvalue weighted by Crippen LogP contribution is -2.05. The molecule has 0 amide bonds. The second-order valence-corrected chi connectivity index (χ2v) is 3.44. The monoisotopic (exact) mass is 193 g/mol. The summed E-state index contributed by atoms with van der Waals surface area (Å²) in [5.74, 6) is 0.371. The lowest BCUT2D eigenvalue weighted by atomic mass is 10.3. The van der Waals surface area contributed by atoms with Gasteiger partial charge < -0.3 is 4.98 Å². The lowest BCUT2D eigenvalue weighted by Gasteiger charge is -1.91. The van der Waals surface area contributed by atoms with Gasteiger partial charge in [-0.05, 0) is 0 Å². The summed E-state index contributed by atoms with van der Waals surface area (Å²) in [5, 5.41) is 2.67. The maximum Gasteiger partial charge on any atom is 0.204 e. The smallest absolute Gasteiger partial charge is 0.204 e. The Morgan fingerprint density at radius 3 is 3.00 bits per heavy atom. The van der Waals surface area contributed by atoms with Gasteiger partial charge in [0.05, 0.1) is 6.42 Å². The van der Waals surface area contributed by atoms with Crippen molar-refractivity contribution in [3.8, 4) is 0 Å². The molecule has 2 aromatic heterocycles. The number of thiazole rings is 1. The molecule has 0 spiro atoms. The Morgan fingerprint density at radius 1 is 1.46 bits per heavy atom. The first-order chi connectivity index (χ1) is 6.36. The topological polar surface area (TPSA) is 58.6 Å². The van der Waals surface area contributed by atoms with Gasteiger partial charge in [0.1, 0.15) is 5.01 Å². The van der Waals surface area contributed by atoms with Gasteiger partial charge in [0, 0.05) is 24.0 Å². The molecule has 0 radical (unpaired) electrons. The molecule has 0 bridgehead atoms. The van der Waals surface area contributed by atoms with E-state index in [1.54, 1.807) is 18.6 Å². The predicted molar refractivity (Wildman–Crippen MR) is 48.7 cm³/mol. The number of rotatable bonds is 3. The molecule has 0 unspecified atom stereocenters. The van der Waals surface area contributed by atoms with E-state index in [9.17, 15) is 4.79 Å². The van der Waals surface area contributed by atoms with Crippen molar-refractivity contribution in [2.24, 2.45) is 0 Å². The van der Waals surface area contributed by atoms with Crippen LogP contribution in [-0.2, 0) is 6.42 Å². The van der Waals surface area contributed by atoms with Crippen molar-refractivity contribution in [1.82, 2.24) is 15.0 Å². The van der Waals surface area contributed by atoms with Crippen LogP contribution in [0.1, 0.15) is 15.6 Å². The Bertz CT molecular complexity index is 379. The van der Waals surface area contributed by atoms with Gasteiger partial charge in [-0.3, -0.25) is 4.79 Å². The molecule has 2 rings (SSSR count). The fourth-order valence-corrected chi connectivity index (χ4v) is 1.59. The predicted octanol–water partition coefficient (Wildman–Crippen LogP) is 1.29. The lowest BCUT2D eigenvalue weighted by molar-refractivity contribution is 0.0984. The first-order valence-corrected chi connectivity index (χ1v) is 4.65. The summed E-state index contributed by atoms with van der Waals surface area (Å²) in [7, 11) is 0. The Hall–Kier alpha value is -1.49. The second kappa shape index (κ2) is 3.49. The van der Waals surface area contributed by atoms with Gasteiger partial charge in [0.2, 0.25) is 5.78 Å². The first kappa shape index (κ1) is 8.12. The van der Waals surface area contributed by atoms with E-state index in [1.165, 1.54) is 11.3 Å². The molecular formula is C8H7N3OS. The third-order valence-electron chi connectivity index (χ3n) is 1.56. The minimum absolute atomic E-state index is 0.0278. The average Bonchev–Trinajstić information content (AvgIpc) is 2.74. The van der Waals surface area contributed by atoms with Gasteiger partial charge >= 0.3 is 0 Å². The van der Waals surface area contributed by atoms with Crippen LogP contribution in [0.3, 0.4) is 0 Å². The minimum atomic E-state index is -0.0278. The molecule has 4 nitrogen and oxygen atoms in total. The Balaban J connectivity index is 2.08. The number of imidazole rings is 1. The third-order valence-corrected chi connectivity index (χ3v) is 2.34. The molecule has 0 atom stereocenters. The Morgan fingerprint density at radius 2 is 2.38 bits per heavy atom. The molecule has 13 heavy (non-hydrogen) atoms. The maximum atomic E-state index is 11.4. The Labute approximate surface area is 78.7 Å². The van der Waals surface area contributed by atoms with E-state index in [1.807, 2.05) is 5.38 Å². The average molecular weight is 193 g/mol. The molecule has 66 valence electrons. The van der Waals surface area contributed by atoms with Gasteiger partial charge in [0.15, 0.2) is 5.82 Å². The van der Waals surface area contributed by atoms with Crippen molar-refractivity contribution >= 4 is 17.1 Å². The molecule has 0 aliphatic carbocycles. The van der Waals surface area contributed by atoms with Crippen molar-refractivity contribution in [2.45, 2.75) is 6.42 Å². The summed E-state index contributed by atoms with van der Waals surface area (Å²) in [4.78, 5) is 22.1. The van der Waals surface area contributed by atoms with Gasteiger partial charge in [-0.25, -0.2) is 9.97 Å². The van der Waals surface area contributed by atoms with E-state index in [2.05, 4.69) is 15.0 Å². The van der Waals surface area contributed by atoms with Crippen molar-refractivity contribution < 1.29 is 4.79 Å². The van der Waals surface area contributed by atoms with E-state index in [-0.39, 0.29) is 5.78 Å². The minimum Gasteiger partial charge on any atom is -0.342 e. The second-order valence-electron chi connectivity index (χ2n) is 2.46. The molecule has 0 saturated heterocycles. The van der Waals surface area contributed by atoms with Crippen LogP contribution in [0.4, 0.5) is 0 Å². The normalized spacial score (nSPS) is 10.2. The number of nitrogens with one attached hydrogen (secondary N) is 1. The number of hydrogen-bond acceptors (Lipinski definition) is 4. The molecule has 0 fully saturated rings. The fraction of sp³-hybridized carbons (Fsp3) is 0.125. The summed E-state index contributed by atoms with van der Waals surface area (Å²) in [6.07, 6.45) is 5.21.